The molecule has 2 heterocycles. The second-order valence-electron chi connectivity index (χ2n) is 5.34. The molecule has 0 atom stereocenters. The molecule has 0 radical (unpaired) electrons. The third-order valence-electron chi connectivity index (χ3n) is 3.76. The van der Waals surface area contributed by atoms with Gasteiger partial charge in [0.15, 0.2) is 0 Å². The maximum Gasteiger partial charge on any atom is 0.275 e. The molecule has 0 saturated carbocycles. The summed E-state index contributed by atoms with van der Waals surface area (Å²) in [7, 11) is 3.15. The summed E-state index contributed by atoms with van der Waals surface area (Å²) < 4.78 is 8.13. The monoisotopic (exact) mass is 333 g/mol. The van der Waals surface area contributed by atoms with Crippen molar-refractivity contribution in [1.29, 1.82) is 0 Å². The van der Waals surface area contributed by atoms with Crippen molar-refractivity contribution in [3.8, 4) is 0 Å². The summed E-state index contributed by atoms with van der Waals surface area (Å²) in [6, 6.07) is 8.68. The van der Waals surface area contributed by atoms with Crippen LogP contribution in [0.5, 0.6) is 0 Å². The van der Waals surface area contributed by atoms with Gasteiger partial charge < -0.3 is 9.30 Å². The van der Waals surface area contributed by atoms with E-state index in [1.807, 2.05) is 12.1 Å². The lowest BCUT2D eigenvalue weighted by Gasteiger charge is -2.13. The van der Waals surface area contributed by atoms with Crippen molar-refractivity contribution in [1.82, 2.24) is 14.3 Å². The van der Waals surface area contributed by atoms with Crippen LogP contribution in [-0.2, 0) is 24.9 Å². The second kappa shape index (κ2) is 6.06. The third-order valence-corrected chi connectivity index (χ3v) is 4.01. The summed E-state index contributed by atoms with van der Waals surface area (Å²) in [5.74, 6) is 0. The summed E-state index contributed by atoms with van der Waals surface area (Å²) in [5.41, 5.74) is 1.62. The van der Waals surface area contributed by atoms with Crippen LogP contribution in [0.4, 0.5) is 0 Å². The number of pyridine rings is 1. The van der Waals surface area contributed by atoms with Crippen LogP contribution in [0.25, 0.3) is 10.9 Å². The fourth-order valence-corrected chi connectivity index (χ4v) is 2.78. The van der Waals surface area contributed by atoms with E-state index < -0.39 is 0 Å². The smallest absolute Gasteiger partial charge is 0.275 e. The van der Waals surface area contributed by atoms with E-state index >= 15 is 0 Å². The molecular formula is C16H16ClN3O3. The van der Waals surface area contributed by atoms with Gasteiger partial charge in [0, 0.05) is 25.2 Å². The maximum absolute atomic E-state index is 12.5. The number of aryl methyl sites for hydroxylation is 1. The molecular weight excluding hydrogens is 318 g/mol. The standard InChI is InChI=1S/C16H16ClN3O3/c1-19-16(22)15-12(18-19)7-14(21)20(13(15)9-23-2)8-10-3-5-11(17)6-4-10/h3-7,18H,8-9H2,1-2H3. The molecule has 0 aliphatic rings. The van der Waals surface area contributed by atoms with Gasteiger partial charge in [-0.05, 0) is 17.7 Å². The first-order valence-corrected chi connectivity index (χ1v) is 7.44. The van der Waals surface area contributed by atoms with Crippen molar-refractivity contribution < 1.29 is 4.74 Å². The first-order valence-electron chi connectivity index (χ1n) is 7.06. The van der Waals surface area contributed by atoms with E-state index in [1.165, 1.54) is 17.9 Å². The molecule has 0 saturated heterocycles. The second-order valence-corrected chi connectivity index (χ2v) is 5.78. The van der Waals surface area contributed by atoms with Gasteiger partial charge in [-0.3, -0.25) is 19.4 Å². The van der Waals surface area contributed by atoms with E-state index in [2.05, 4.69) is 5.10 Å². The number of aromatic nitrogens is 3. The van der Waals surface area contributed by atoms with Gasteiger partial charge in [-0.15, -0.1) is 0 Å². The zero-order chi connectivity index (χ0) is 16.6. The Labute approximate surface area is 136 Å². The molecule has 23 heavy (non-hydrogen) atoms. The normalized spacial score (nSPS) is 11.3. The number of ether oxygens (including phenoxy) is 1. The first kappa shape index (κ1) is 15.6. The summed E-state index contributed by atoms with van der Waals surface area (Å²) >= 11 is 5.89. The highest BCUT2D eigenvalue weighted by Crippen LogP contribution is 2.15. The van der Waals surface area contributed by atoms with Gasteiger partial charge in [0.05, 0.1) is 29.7 Å². The van der Waals surface area contributed by atoms with Crippen LogP contribution in [0.3, 0.4) is 0 Å². The van der Waals surface area contributed by atoms with Gasteiger partial charge in [0.25, 0.3) is 11.1 Å². The van der Waals surface area contributed by atoms with E-state index in [9.17, 15) is 9.59 Å². The van der Waals surface area contributed by atoms with Crippen molar-refractivity contribution >= 4 is 22.5 Å². The fourth-order valence-electron chi connectivity index (χ4n) is 2.66. The average molecular weight is 334 g/mol. The molecule has 0 unspecified atom stereocenters. The number of hydrogen-bond donors (Lipinski definition) is 1. The third kappa shape index (κ3) is 2.83. The minimum Gasteiger partial charge on any atom is -0.378 e. The Bertz CT molecular complexity index is 967. The predicted molar refractivity (Wildman–Crippen MR) is 89.1 cm³/mol. The van der Waals surface area contributed by atoms with Gasteiger partial charge in [0.2, 0.25) is 0 Å². The van der Waals surface area contributed by atoms with Crippen molar-refractivity contribution in [2.24, 2.45) is 7.05 Å². The SMILES string of the molecule is COCc1c2c(=O)n(C)[nH]c2cc(=O)n1Cc1ccc(Cl)cc1. The van der Waals surface area contributed by atoms with Gasteiger partial charge in [0.1, 0.15) is 0 Å². The van der Waals surface area contributed by atoms with Crippen LogP contribution >= 0.6 is 11.6 Å². The number of H-pyrrole nitrogens is 1. The molecule has 7 heteroatoms. The Morgan fingerprint density at radius 1 is 1.22 bits per heavy atom. The van der Waals surface area contributed by atoms with Gasteiger partial charge >= 0.3 is 0 Å². The summed E-state index contributed by atoms with van der Waals surface area (Å²) in [6.07, 6.45) is 0. The lowest BCUT2D eigenvalue weighted by molar-refractivity contribution is 0.178. The Morgan fingerprint density at radius 3 is 2.57 bits per heavy atom. The van der Waals surface area contributed by atoms with Crippen molar-refractivity contribution in [2.75, 3.05) is 7.11 Å². The van der Waals surface area contributed by atoms with Crippen LogP contribution < -0.4 is 11.1 Å². The molecule has 0 fully saturated rings. The quantitative estimate of drug-likeness (QED) is 0.792. The number of halogens is 1. The summed E-state index contributed by atoms with van der Waals surface area (Å²) in [6.45, 7) is 0.520. The van der Waals surface area contributed by atoms with E-state index in [4.69, 9.17) is 16.3 Å². The molecule has 120 valence electrons. The van der Waals surface area contributed by atoms with Crippen LogP contribution in [0, 0.1) is 0 Å². The number of nitrogens with zero attached hydrogens (tertiary/aromatic N) is 2. The molecule has 2 aromatic heterocycles. The number of rotatable bonds is 4. The molecule has 0 aliphatic carbocycles. The number of nitrogens with one attached hydrogen (secondary N) is 1. The van der Waals surface area contributed by atoms with Gasteiger partial charge in [-0.2, -0.15) is 0 Å². The number of hydrogen-bond acceptors (Lipinski definition) is 3. The van der Waals surface area contributed by atoms with E-state index in [0.717, 1.165) is 5.56 Å². The predicted octanol–water partition coefficient (Wildman–Crippen LogP) is 1.88. The Morgan fingerprint density at radius 2 is 1.91 bits per heavy atom. The zero-order valence-corrected chi connectivity index (χ0v) is 13.6. The highest BCUT2D eigenvalue weighted by Gasteiger charge is 2.16. The number of aromatic amines is 1. The van der Waals surface area contributed by atoms with Crippen molar-refractivity contribution in [3.63, 3.8) is 0 Å². The molecule has 0 spiro atoms. The highest BCUT2D eigenvalue weighted by molar-refractivity contribution is 6.30. The Hall–Kier alpha value is -2.31. The van der Waals surface area contributed by atoms with E-state index in [-0.39, 0.29) is 17.7 Å². The van der Waals surface area contributed by atoms with Crippen molar-refractivity contribution in [2.45, 2.75) is 13.2 Å². The molecule has 3 rings (SSSR count). The molecule has 1 aromatic carbocycles. The number of methoxy groups -OCH3 is 1. The average Bonchev–Trinajstić information content (AvgIpc) is 2.79. The largest absolute Gasteiger partial charge is 0.378 e. The van der Waals surface area contributed by atoms with E-state index in [1.54, 1.807) is 23.7 Å². The summed E-state index contributed by atoms with van der Waals surface area (Å²) in [4.78, 5) is 24.8. The lowest BCUT2D eigenvalue weighted by Crippen LogP contribution is -2.25. The van der Waals surface area contributed by atoms with Crippen LogP contribution in [-0.4, -0.2) is 21.5 Å². The molecule has 1 N–H and O–H groups in total. The van der Waals surface area contributed by atoms with Crippen molar-refractivity contribution in [3.05, 3.63) is 67.3 Å². The fraction of sp³-hybridized carbons (Fsp3) is 0.250. The number of fused-ring (bicyclic) bond motifs is 1. The van der Waals surface area contributed by atoms with Crippen LogP contribution in [0.2, 0.25) is 5.02 Å². The van der Waals surface area contributed by atoms with E-state index in [0.29, 0.717) is 28.2 Å². The number of benzene rings is 1. The molecule has 3 aromatic rings. The first-order chi connectivity index (χ1) is 11.0. The topological polar surface area (TPSA) is 69.0 Å². The Balaban J connectivity index is 2.22. The Kier molecular flexibility index (Phi) is 4.11. The molecule has 0 amide bonds. The van der Waals surface area contributed by atoms with Crippen LogP contribution in [0.15, 0.2) is 39.9 Å². The molecule has 6 nitrogen and oxygen atoms in total. The van der Waals surface area contributed by atoms with Gasteiger partial charge in [-0.1, -0.05) is 23.7 Å². The lowest BCUT2D eigenvalue weighted by atomic mass is 10.2. The summed E-state index contributed by atoms with van der Waals surface area (Å²) in [5, 5.41) is 3.99. The zero-order valence-electron chi connectivity index (χ0n) is 12.8. The maximum atomic E-state index is 12.5. The minimum atomic E-state index is -0.193. The van der Waals surface area contributed by atoms with Crippen LogP contribution in [0.1, 0.15) is 11.3 Å². The van der Waals surface area contributed by atoms with Gasteiger partial charge in [-0.25, -0.2) is 0 Å². The molecule has 0 aliphatic heterocycles. The highest BCUT2D eigenvalue weighted by atomic mass is 35.5. The molecule has 0 bridgehead atoms. The minimum absolute atomic E-state index is 0.174.